The maximum atomic E-state index is 10.8. The molecule has 4 N–H and O–H groups in total. The molecule has 17 heavy (non-hydrogen) atoms. The van der Waals surface area contributed by atoms with Crippen LogP contribution in [0.25, 0.3) is 0 Å². The van der Waals surface area contributed by atoms with Gasteiger partial charge in [0.1, 0.15) is 12.7 Å². The first-order chi connectivity index (χ1) is 7.95. The maximum absolute atomic E-state index is 10.8. The van der Waals surface area contributed by atoms with E-state index in [0.29, 0.717) is 6.42 Å². The number of nitrogens with zero attached hydrogens (tertiary/aromatic N) is 2. The minimum Gasteiger partial charge on any atom is -0.469 e. The zero-order valence-electron chi connectivity index (χ0n) is 9.22. The van der Waals surface area contributed by atoms with Crippen LogP contribution >= 0.6 is 0 Å². The Morgan fingerprint density at radius 2 is 1.88 bits per heavy atom. The van der Waals surface area contributed by atoms with Crippen molar-refractivity contribution in [1.29, 1.82) is 0 Å². The van der Waals surface area contributed by atoms with Crippen molar-refractivity contribution in [1.82, 2.24) is 10.8 Å². The Morgan fingerprint density at radius 1 is 1.24 bits per heavy atom. The second-order valence-corrected chi connectivity index (χ2v) is 3.00. The van der Waals surface area contributed by atoms with E-state index >= 15 is 0 Å². The number of rotatable bonds is 9. The standard InChI is InChI=1S/C7H16N2O8/c1-15-7(10)4-2-3-6(17-9(13)14)5-16-8(11)12/h6,11-14H,2-5H2,1H3. The first kappa shape index (κ1) is 16.1. The zero-order valence-corrected chi connectivity index (χ0v) is 9.22. The predicted octanol–water partition coefficient (Wildman–Crippen LogP) is -0.278. The van der Waals surface area contributed by atoms with Crippen LogP contribution in [-0.4, -0.2) is 57.4 Å². The molecular formula is C7H16N2O8. The van der Waals surface area contributed by atoms with Crippen molar-refractivity contribution in [2.24, 2.45) is 0 Å². The van der Waals surface area contributed by atoms with Crippen LogP contribution in [0.5, 0.6) is 0 Å². The lowest BCUT2D eigenvalue weighted by molar-refractivity contribution is -0.527. The van der Waals surface area contributed by atoms with Crippen LogP contribution in [0.2, 0.25) is 0 Å². The molecule has 0 heterocycles. The van der Waals surface area contributed by atoms with Crippen LogP contribution in [-0.2, 0) is 19.2 Å². The summed E-state index contributed by atoms with van der Waals surface area (Å²) in [5, 5.41) is 32.4. The number of carbonyl (C=O) groups excluding carboxylic acids is 1. The molecule has 0 saturated carbocycles. The minimum absolute atomic E-state index is 0.120. The van der Waals surface area contributed by atoms with Crippen molar-refractivity contribution >= 4 is 5.97 Å². The van der Waals surface area contributed by atoms with Gasteiger partial charge in [-0.15, -0.1) is 0 Å². The fourth-order valence-corrected chi connectivity index (χ4v) is 1.03. The quantitative estimate of drug-likeness (QED) is 0.322. The highest BCUT2D eigenvalue weighted by Crippen LogP contribution is 2.07. The lowest BCUT2D eigenvalue weighted by atomic mass is 10.1. The molecule has 0 spiro atoms. The van der Waals surface area contributed by atoms with Gasteiger partial charge < -0.3 is 4.74 Å². The topological polar surface area (TPSA) is 132 Å². The third kappa shape index (κ3) is 10.0. The van der Waals surface area contributed by atoms with Gasteiger partial charge in [0, 0.05) is 6.42 Å². The molecule has 10 nitrogen and oxygen atoms in total. The van der Waals surface area contributed by atoms with Gasteiger partial charge in [-0.2, -0.15) is 0 Å². The smallest absolute Gasteiger partial charge is 0.305 e. The Balaban J connectivity index is 3.88. The van der Waals surface area contributed by atoms with E-state index in [9.17, 15) is 4.79 Å². The molecule has 0 radical (unpaired) electrons. The number of hydrogen-bond acceptors (Lipinski definition) is 10. The number of esters is 1. The van der Waals surface area contributed by atoms with E-state index in [1.54, 1.807) is 0 Å². The highest BCUT2D eigenvalue weighted by Gasteiger charge is 2.15. The Bertz CT molecular complexity index is 212. The summed E-state index contributed by atoms with van der Waals surface area (Å²) >= 11 is 0. The van der Waals surface area contributed by atoms with Gasteiger partial charge >= 0.3 is 5.97 Å². The highest BCUT2D eigenvalue weighted by molar-refractivity contribution is 5.68. The molecular weight excluding hydrogens is 240 g/mol. The molecule has 0 rings (SSSR count). The molecule has 0 aliphatic heterocycles. The Morgan fingerprint density at radius 3 is 2.35 bits per heavy atom. The number of ether oxygens (including phenoxy) is 1. The van der Waals surface area contributed by atoms with Gasteiger partial charge in [0.2, 0.25) is 0 Å². The predicted molar refractivity (Wildman–Crippen MR) is 47.5 cm³/mol. The molecule has 0 aliphatic carbocycles. The fraction of sp³-hybridized carbons (Fsp3) is 0.857. The summed E-state index contributed by atoms with van der Waals surface area (Å²) in [6.45, 7) is -0.355. The molecule has 1 atom stereocenters. The van der Waals surface area contributed by atoms with Crippen LogP contribution < -0.4 is 0 Å². The third-order valence-corrected chi connectivity index (χ3v) is 1.75. The van der Waals surface area contributed by atoms with Crippen LogP contribution in [0.4, 0.5) is 0 Å². The Kier molecular flexibility index (Phi) is 8.75. The van der Waals surface area contributed by atoms with E-state index in [2.05, 4.69) is 14.4 Å². The van der Waals surface area contributed by atoms with Gasteiger partial charge in [-0.1, -0.05) is 0 Å². The monoisotopic (exact) mass is 256 g/mol. The molecule has 0 aromatic heterocycles. The molecule has 0 aromatic carbocycles. The van der Waals surface area contributed by atoms with Crippen molar-refractivity contribution in [3.63, 3.8) is 0 Å². The summed E-state index contributed by atoms with van der Waals surface area (Å²) in [7, 11) is 1.25. The highest BCUT2D eigenvalue weighted by atomic mass is 17.1. The van der Waals surface area contributed by atoms with Crippen molar-refractivity contribution in [2.45, 2.75) is 25.4 Å². The first-order valence-corrected chi connectivity index (χ1v) is 4.68. The van der Waals surface area contributed by atoms with E-state index in [0.717, 1.165) is 0 Å². The van der Waals surface area contributed by atoms with Gasteiger partial charge in [0.25, 0.3) is 0 Å². The van der Waals surface area contributed by atoms with Gasteiger partial charge in [0.15, 0.2) is 0 Å². The molecule has 0 aliphatic rings. The first-order valence-electron chi connectivity index (χ1n) is 4.68. The lowest BCUT2D eigenvalue weighted by Gasteiger charge is -2.18. The summed E-state index contributed by atoms with van der Waals surface area (Å²) in [5.74, 6) is -0.416. The molecule has 0 saturated heterocycles. The van der Waals surface area contributed by atoms with Gasteiger partial charge in [0.05, 0.1) is 17.9 Å². The van der Waals surface area contributed by atoms with Crippen LogP contribution in [0.3, 0.4) is 0 Å². The third-order valence-electron chi connectivity index (χ3n) is 1.75. The van der Waals surface area contributed by atoms with Crippen LogP contribution in [0, 0.1) is 0 Å². The summed E-state index contributed by atoms with van der Waals surface area (Å²) in [6.07, 6.45) is -0.210. The van der Waals surface area contributed by atoms with Crippen molar-refractivity contribution in [3.05, 3.63) is 0 Å². The summed E-state index contributed by atoms with van der Waals surface area (Å²) in [4.78, 5) is 19.5. The van der Waals surface area contributed by atoms with E-state index in [4.69, 9.17) is 20.8 Å². The van der Waals surface area contributed by atoms with Crippen molar-refractivity contribution in [2.75, 3.05) is 13.7 Å². The second-order valence-electron chi connectivity index (χ2n) is 3.00. The van der Waals surface area contributed by atoms with Crippen molar-refractivity contribution in [3.8, 4) is 0 Å². The van der Waals surface area contributed by atoms with Crippen LogP contribution in [0.1, 0.15) is 19.3 Å². The van der Waals surface area contributed by atoms with E-state index < -0.39 is 22.9 Å². The molecule has 0 amide bonds. The number of carbonyl (C=O) groups is 1. The molecule has 0 bridgehead atoms. The molecule has 10 heteroatoms. The van der Waals surface area contributed by atoms with E-state index in [-0.39, 0.29) is 19.4 Å². The Hall–Kier alpha value is -0.850. The zero-order chi connectivity index (χ0) is 13.3. The average molecular weight is 256 g/mol. The number of hydrogen-bond donors (Lipinski definition) is 4. The minimum atomic E-state index is -0.878. The second kappa shape index (κ2) is 9.21. The summed E-state index contributed by atoms with van der Waals surface area (Å²) in [5.41, 5.74) is 0. The Labute approximate surface area is 96.9 Å². The maximum Gasteiger partial charge on any atom is 0.305 e. The van der Waals surface area contributed by atoms with Crippen molar-refractivity contribution < 1.29 is 40.0 Å². The summed E-state index contributed by atoms with van der Waals surface area (Å²) < 4.78 is 4.40. The number of methoxy groups -OCH3 is 1. The van der Waals surface area contributed by atoms with E-state index in [1.165, 1.54) is 7.11 Å². The lowest BCUT2D eigenvalue weighted by Crippen LogP contribution is -2.31. The molecule has 1 unspecified atom stereocenters. The summed E-state index contributed by atoms with van der Waals surface area (Å²) in [6, 6.07) is 0. The molecule has 0 fully saturated rings. The van der Waals surface area contributed by atoms with Gasteiger partial charge in [-0.3, -0.25) is 25.6 Å². The molecule has 102 valence electrons. The van der Waals surface area contributed by atoms with E-state index in [1.807, 2.05) is 0 Å². The molecule has 0 aromatic rings. The average Bonchev–Trinajstić information content (AvgIpc) is 2.24. The van der Waals surface area contributed by atoms with Gasteiger partial charge in [-0.05, 0) is 12.8 Å². The SMILES string of the molecule is COC(=O)CCCC(CON(O)O)ON(O)O. The fourth-order valence-electron chi connectivity index (χ4n) is 1.03. The van der Waals surface area contributed by atoms with Crippen LogP contribution in [0.15, 0.2) is 0 Å². The largest absolute Gasteiger partial charge is 0.469 e. The normalized spacial score (nSPS) is 13.1. The van der Waals surface area contributed by atoms with Gasteiger partial charge in [-0.25, -0.2) is 9.68 Å².